The summed E-state index contributed by atoms with van der Waals surface area (Å²) < 4.78 is 16.1. The van der Waals surface area contributed by atoms with Gasteiger partial charge in [0, 0.05) is 52.4 Å². The first kappa shape index (κ1) is 25.8. The number of likely N-dealkylation sites (N-methyl/N-ethyl adjacent to an activating group) is 1. The van der Waals surface area contributed by atoms with Gasteiger partial charge in [-0.3, -0.25) is 4.99 Å². The Bertz CT molecular complexity index is 342. The van der Waals surface area contributed by atoms with Crippen LogP contribution in [0.2, 0.25) is 0 Å². The van der Waals surface area contributed by atoms with E-state index in [4.69, 9.17) is 14.2 Å². The maximum Gasteiger partial charge on any atom is 0.191 e. The Morgan fingerprint density at radius 3 is 2.77 bits per heavy atom. The average Bonchev–Trinajstić information content (AvgIpc) is 3.13. The highest BCUT2D eigenvalue weighted by Crippen LogP contribution is 2.12. The molecule has 0 spiro atoms. The van der Waals surface area contributed by atoms with Gasteiger partial charge in [0.15, 0.2) is 5.96 Å². The predicted molar refractivity (Wildman–Crippen MR) is 118 cm³/mol. The summed E-state index contributed by atoms with van der Waals surface area (Å²) in [4.78, 5) is 6.88. The second kappa shape index (κ2) is 18.2. The topological polar surface area (TPSA) is 67.4 Å². The molecule has 7 nitrogen and oxygen atoms in total. The largest absolute Gasteiger partial charge is 0.383 e. The molecule has 1 atom stereocenters. The summed E-state index contributed by atoms with van der Waals surface area (Å²) in [6.07, 6.45) is 3.16. The molecule has 0 aromatic heterocycles. The Kier molecular flexibility index (Phi) is 18.1. The third kappa shape index (κ3) is 14.0. The molecule has 0 saturated carbocycles. The van der Waals surface area contributed by atoms with Crippen LogP contribution in [-0.2, 0) is 14.2 Å². The first-order valence-corrected chi connectivity index (χ1v) is 9.61. The zero-order valence-corrected chi connectivity index (χ0v) is 19.1. The van der Waals surface area contributed by atoms with Crippen molar-refractivity contribution in [2.24, 2.45) is 10.9 Å². The zero-order valence-electron chi connectivity index (χ0n) is 16.8. The normalized spacial score (nSPS) is 17.4. The van der Waals surface area contributed by atoms with Gasteiger partial charge >= 0.3 is 0 Å². The summed E-state index contributed by atoms with van der Waals surface area (Å²) >= 11 is 0. The van der Waals surface area contributed by atoms with Crippen LogP contribution >= 0.6 is 24.0 Å². The fraction of sp³-hybridized carbons (Fsp3) is 0.944. The molecule has 2 N–H and O–H groups in total. The first-order valence-electron chi connectivity index (χ1n) is 9.61. The fourth-order valence-electron chi connectivity index (χ4n) is 2.58. The number of methoxy groups -OCH3 is 1. The van der Waals surface area contributed by atoms with Gasteiger partial charge in [-0.1, -0.05) is 0 Å². The minimum atomic E-state index is 0. The SMILES string of the molecule is CCNC(=NCCCOCC1CCOC1)NCCCN(C)CCOC.I. The molecule has 0 aliphatic carbocycles. The van der Waals surface area contributed by atoms with Crippen LogP contribution in [0.25, 0.3) is 0 Å². The minimum absolute atomic E-state index is 0. The maximum absolute atomic E-state index is 5.71. The summed E-state index contributed by atoms with van der Waals surface area (Å²) in [5, 5.41) is 6.68. The molecule has 0 bridgehead atoms. The lowest BCUT2D eigenvalue weighted by molar-refractivity contribution is 0.0893. The summed E-state index contributed by atoms with van der Waals surface area (Å²) in [5.74, 6) is 1.48. The molecule has 156 valence electrons. The van der Waals surface area contributed by atoms with Crippen molar-refractivity contribution in [3.63, 3.8) is 0 Å². The van der Waals surface area contributed by atoms with E-state index < -0.39 is 0 Å². The molecule has 0 aromatic carbocycles. The van der Waals surface area contributed by atoms with Crippen molar-refractivity contribution >= 4 is 29.9 Å². The van der Waals surface area contributed by atoms with E-state index in [1.54, 1.807) is 7.11 Å². The lowest BCUT2D eigenvalue weighted by Crippen LogP contribution is -2.38. The van der Waals surface area contributed by atoms with Gasteiger partial charge < -0.3 is 29.7 Å². The smallest absolute Gasteiger partial charge is 0.191 e. The standard InChI is InChI=1S/C18H38N4O3.HI/c1-4-19-18(20-8-5-10-22(2)11-14-23-3)21-9-6-12-24-15-17-7-13-25-16-17;/h17H,4-16H2,1-3H3,(H2,19,20,21);1H. The van der Waals surface area contributed by atoms with Crippen LogP contribution < -0.4 is 10.6 Å². The molecule has 0 aromatic rings. The molecule has 26 heavy (non-hydrogen) atoms. The van der Waals surface area contributed by atoms with Gasteiger partial charge in [-0.05, 0) is 39.8 Å². The summed E-state index contributed by atoms with van der Waals surface area (Å²) in [6, 6.07) is 0. The number of aliphatic imine (C=N–C) groups is 1. The fourth-order valence-corrected chi connectivity index (χ4v) is 2.58. The van der Waals surface area contributed by atoms with Crippen molar-refractivity contribution < 1.29 is 14.2 Å². The molecule has 8 heteroatoms. The van der Waals surface area contributed by atoms with Crippen LogP contribution in [0.3, 0.4) is 0 Å². The van der Waals surface area contributed by atoms with E-state index in [1.165, 1.54) is 0 Å². The third-order valence-electron chi connectivity index (χ3n) is 4.12. The van der Waals surface area contributed by atoms with E-state index >= 15 is 0 Å². The van der Waals surface area contributed by atoms with Gasteiger partial charge in [-0.2, -0.15) is 0 Å². The number of rotatable bonds is 14. The number of halogens is 1. The van der Waals surface area contributed by atoms with Crippen LogP contribution in [0.15, 0.2) is 4.99 Å². The number of nitrogens with one attached hydrogen (secondary N) is 2. The molecule has 1 aliphatic rings. The monoisotopic (exact) mass is 486 g/mol. The maximum atomic E-state index is 5.71. The molecule has 1 unspecified atom stereocenters. The summed E-state index contributed by atoms with van der Waals surface area (Å²) in [7, 11) is 3.86. The van der Waals surface area contributed by atoms with E-state index in [0.717, 1.165) is 91.0 Å². The van der Waals surface area contributed by atoms with Crippen molar-refractivity contribution in [2.75, 3.05) is 79.9 Å². The molecule has 1 rings (SSSR count). The molecule has 1 saturated heterocycles. The van der Waals surface area contributed by atoms with Crippen molar-refractivity contribution in [3.05, 3.63) is 0 Å². The van der Waals surface area contributed by atoms with Crippen molar-refractivity contribution in [2.45, 2.75) is 26.2 Å². The van der Waals surface area contributed by atoms with Gasteiger partial charge in [-0.15, -0.1) is 24.0 Å². The van der Waals surface area contributed by atoms with Crippen LogP contribution in [0.1, 0.15) is 26.2 Å². The van der Waals surface area contributed by atoms with Gasteiger partial charge in [0.2, 0.25) is 0 Å². The zero-order chi connectivity index (χ0) is 18.2. The second-order valence-corrected chi connectivity index (χ2v) is 6.50. The number of ether oxygens (including phenoxy) is 3. The molecule has 1 heterocycles. The Labute approximate surface area is 176 Å². The van der Waals surface area contributed by atoms with Crippen molar-refractivity contribution in [3.8, 4) is 0 Å². The number of hydrogen-bond donors (Lipinski definition) is 2. The van der Waals surface area contributed by atoms with Crippen molar-refractivity contribution in [1.82, 2.24) is 15.5 Å². The Balaban J connectivity index is 0.00000625. The van der Waals surface area contributed by atoms with Crippen LogP contribution in [0, 0.1) is 5.92 Å². The first-order chi connectivity index (χ1) is 12.3. The predicted octanol–water partition coefficient (Wildman–Crippen LogP) is 1.57. The summed E-state index contributed by atoms with van der Waals surface area (Å²) in [5.41, 5.74) is 0. The lowest BCUT2D eigenvalue weighted by atomic mass is 10.1. The molecular formula is C18H39IN4O3. The van der Waals surface area contributed by atoms with Crippen molar-refractivity contribution in [1.29, 1.82) is 0 Å². The molecular weight excluding hydrogens is 447 g/mol. The van der Waals surface area contributed by atoms with Gasteiger partial charge in [-0.25, -0.2) is 0 Å². The Hall–Kier alpha value is -0.160. The number of nitrogens with zero attached hydrogens (tertiary/aromatic N) is 2. The van der Waals surface area contributed by atoms with E-state index in [1.807, 2.05) is 0 Å². The average molecular weight is 486 g/mol. The van der Waals surface area contributed by atoms with Crippen LogP contribution in [0.5, 0.6) is 0 Å². The molecule has 0 radical (unpaired) electrons. The Morgan fingerprint density at radius 2 is 2.08 bits per heavy atom. The molecule has 1 aliphatic heterocycles. The van der Waals surface area contributed by atoms with Crippen LogP contribution in [0.4, 0.5) is 0 Å². The highest BCUT2D eigenvalue weighted by molar-refractivity contribution is 14.0. The number of guanidine groups is 1. The van der Waals surface area contributed by atoms with E-state index in [9.17, 15) is 0 Å². The van der Waals surface area contributed by atoms with E-state index in [-0.39, 0.29) is 24.0 Å². The highest BCUT2D eigenvalue weighted by Gasteiger charge is 2.15. The van der Waals surface area contributed by atoms with E-state index in [0.29, 0.717) is 5.92 Å². The minimum Gasteiger partial charge on any atom is -0.383 e. The van der Waals surface area contributed by atoms with Gasteiger partial charge in [0.25, 0.3) is 0 Å². The van der Waals surface area contributed by atoms with Gasteiger partial charge in [0.1, 0.15) is 0 Å². The summed E-state index contributed by atoms with van der Waals surface area (Å²) in [6.45, 7) is 10.8. The molecule has 1 fully saturated rings. The second-order valence-electron chi connectivity index (χ2n) is 6.50. The third-order valence-corrected chi connectivity index (χ3v) is 4.12. The quantitative estimate of drug-likeness (QED) is 0.168. The highest BCUT2D eigenvalue weighted by atomic mass is 127. The van der Waals surface area contributed by atoms with E-state index in [2.05, 4.69) is 34.5 Å². The van der Waals surface area contributed by atoms with Crippen LogP contribution in [-0.4, -0.2) is 90.8 Å². The molecule has 0 amide bonds. The lowest BCUT2D eigenvalue weighted by Gasteiger charge is -2.17. The Morgan fingerprint density at radius 1 is 1.23 bits per heavy atom. The van der Waals surface area contributed by atoms with Gasteiger partial charge in [0.05, 0.1) is 19.8 Å². The number of hydrogen-bond acceptors (Lipinski definition) is 5.